The monoisotopic (exact) mass is 341 g/mol. The largest absolute Gasteiger partial charge is 0.157 e. The van der Waals surface area contributed by atoms with Gasteiger partial charge in [0, 0.05) is 5.75 Å². The lowest BCUT2D eigenvalue weighted by atomic mass is 10.0. The van der Waals surface area contributed by atoms with E-state index >= 15 is 0 Å². The molecule has 0 heterocycles. The van der Waals surface area contributed by atoms with E-state index < -0.39 is 0 Å². The van der Waals surface area contributed by atoms with E-state index in [4.69, 9.17) is 0 Å². The highest BCUT2D eigenvalue weighted by atomic mass is 32.2. The highest BCUT2D eigenvalue weighted by Crippen LogP contribution is 2.16. The predicted octanol–water partition coefficient (Wildman–Crippen LogP) is 8.94. The molecule has 0 rings (SSSR count). The standard InChI is InChI=1S/C22H45S/c1-3-5-7-8-9-10-11-12-13-14-15-16-17-18-19-20-22-23-21-6-4-2/h22H,3-21H2,1-2H3. The van der Waals surface area contributed by atoms with Crippen LogP contribution in [0.15, 0.2) is 0 Å². The van der Waals surface area contributed by atoms with Crippen LogP contribution in [0, 0.1) is 5.75 Å². The van der Waals surface area contributed by atoms with E-state index in [9.17, 15) is 0 Å². The normalized spacial score (nSPS) is 11.2. The molecule has 23 heavy (non-hydrogen) atoms. The zero-order valence-corrected chi connectivity index (χ0v) is 17.2. The first-order valence-corrected chi connectivity index (χ1v) is 11.9. The Hall–Kier alpha value is 0.350. The van der Waals surface area contributed by atoms with Crippen molar-refractivity contribution in [2.75, 3.05) is 5.75 Å². The lowest BCUT2D eigenvalue weighted by Gasteiger charge is -2.03. The molecule has 0 aromatic carbocycles. The molecule has 0 fully saturated rings. The summed E-state index contributed by atoms with van der Waals surface area (Å²) in [5, 5.41) is 0. The summed E-state index contributed by atoms with van der Waals surface area (Å²) < 4.78 is 0. The van der Waals surface area contributed by atoms with Crippen molar-refractivity contribution in [2.45, 2.75) is 129 Å². The molecular weight excluding hydrogens is 296 g/mol. The smallest absolute Gasteiger partial charge is 0.0166 e. The quantitative estimate of drug-likeness (QED) is 0.199. The maximum Gasteiger partial charge on any atom is 0.0166 e. The Kier molecular flexibility index (Phi) is 22.7. The van der Waals surface area contributed by atoms with Crippen molar-refractivity contribution < 1.29 is 0 Å². The summed E-state index contributed by atoms with van der Waals surface area (Å²) in [6, 6.07) is 0. The predicted molar refractivity (Wildman–Crippen MR) is 111 cm³/mol. The third kappa shape index (κ3) is 22.4. The van der Waals surface area contributed by atoms with E-state index in [1.165, 1.54) is 121 Å². The lowest BCUT2D eigenvalue weighted by molar-refractivity contribution is 0.532. The second-order valence-electron chi connectivity index (χ2n) is 7.13. The van der Waals surface area contributed by atoms with Gasteiger partial charge in [-0.1, -0.05) is 117 Å². The van der Waals surface area contributed by atoms with E-state index in [0.717, 1.165) is 0 Å². The van der Waals surface area contributed by atoms with Crippen molar-refractivity contribution in [2.24, 2.45) is 0 Å². The SMILES string of the molecule is CCCCCCCCCCCCCCCCC[CH]SCCCC. The van der Waals surface area contributed by atoms with E-state index in [1.807, 2.05) is 11.8 Å². The van der Waals surface area contributed by atoms with Gasteiger partial charge in [0.25, 0.3) is 0 Å². The van der Waals surface area contributed by atoms with Crippen LogP contribution in [0.25, 0.3) is 0 Å². The summed E-state index contributed by atoms with van der Waals surface area (Å²) in [5.74, 6) is 3.77. The fraction of sp³-hybridized carbons (Fsp3) is 0.955. The van der Waals surface area contributed by atoms with Crippen molar-refractivity contribution in [1.29, 1.82) is 0 Å². The maximum absolute atomic E-state index is 2.44. The molecule has 1 heteroatoms. The van der Waals surface area contributed by atoms with Gasteiger partial charge in [-0.2, -0.15) is 11.8 Å². The molecule has 0 bridgehead atoms. The molecule has 0 nitrogen and oxygen atoms in total. The van der Waals surface area contributed by atoms with Crippen LogP contribution in [-0.4, -0.2) is 5.75 Å². The van der Waals surface area contributed by atoms with Crippen LogP contribution in [0.4, 0.5) is 0 Å². The van der Waals surface area contributed by atoms with Gasteiger partial charge < -0.3 is 0 Å². The molecule has 0 aliphatic carbocycles. The first-order chi connectivity index (χ1) is 11.4. The summed E-state index contributed by atoms with van der Waals surface area (Å²) in [7, 11) is 0. The van der Waals surface area contributed by atoms with Crippen LogP contribution in [0.2, 0.25) is 0 Å². The van der Waals surface area contributed by atoms with E-state index in [1.54, 1.807) is 0 Å². The molecule has 139 valence electrons. The first-order valence-electron chi connectivity index (χ1n) is 10.8. The fourth-order valence-corrected chi connectivity index (χ4v) is 3.95. The Morgan fingerprint density at radius 1 is 0.478 bits per heavy atom. The van der Waals surface area contributed by atoms with Crippen LogP contribution >= 0.6 is 11.8 Å². The minimum absolute atomic E-state index is 1.33. The van der Waals surface area contributed by atoms with Gasteiger partial charge in [0.15, 0.2) is 0 Å². The Bertz CT molecular complexity index is 170. The maximum atomic E-state index is 2.44. The van der Waals surface area contributed by atoms with Crippen LogP contribution in [0.1, 0.15) is 129 Å². The minimum Gasteiger partial charge on any atom is -0.157 e. The lowest BCUT2D eigenvalue weighted by Crippen LogP contribution is -1.84. The van der Waals surface area contributed by atoms with Crippen molar-refractivity contribution >= 4 is 11.8 Å². The summed E-state index contributed by atoms with van der Waals surface area (Å²) >= 11 is 2.04. The van der Waals surface area contributed by atoms with Gasteiger partial charge in [0.2, 0.25) is 0 Å². The van der Waals surface area contributed by atoms with Crippen LogP contribution < -0.4 is 0 Å². The number of hydrogen-bond donors (Lipinski definition) is 0. The number of thioether (sulfide) groups is 1. The van der Waals surface area contributed by atoms with Gasteiger partial charge in [-0.15, -0.1) is 0 Å². The molecule has 0 amide bonds. The molecule has 0 aliphatic rings. The van der Waals surface area contributed by atoms with Gasteiger partial charge >= 0.3 is 0 Å². The summed E-state index contributed by atoms with van der Waals surface area (Å²) in [4.78, 5) is 0. The Morgan fingerprint density at radius 2 is 0.870 bits per heavy atom. The molecule has 0 aromatic heterocycles. The third-order valence-electron chi connectivity index (χ3n) is 4.66. The molecule has 0 saturated carbocycles. The molecule has 0 saturated heterocycles. The zero-order valence-electron chi connectivity index (χ0n) is 16.4. The number of rotatable bonds is 20. The first kappa shape index (κ1) is 23.4. The molecule has 0 N–H and O–H groups in total. The molecule has 0 aliphatic heterocycles. The van der Waals surface area contributed by atoms with E-state index in [0.29, 0.717) is 0 Å². The van der Waals surface area contributed by atoms with Crippen molar-refractivity contribution in [3.8, 4) is 0 Å². The molecule has 1 radical (unpaired) electrons. The third-order valence-corrected chi connectivity index (χ3v) is 5.65. The Morgan fingerprint density at radius 3 is 1.30 bits per heavy atom. The van der Waals surface area contributed by atoms with Gasteiger partial charge in [0.05, 0.1) is 0 Å². The molecule has 0 unspecified atom stereocenters. The zero-order chi connectivity index (χ0) is 16.8. The second-order valence-corrected chi connectivity index (χ2v) is 8.20. The van der Waals surface area contributed by atoms with Crippen molar-refractivity contribution in [3.63, 3.8) is 0 Å². The number of hydrogen-bond acceptors (Lipinski definition) is 1. The fourth-order valence-electron chi connectivity index (χ4n) is 2.99. The van der Waals surface area contributed by atoms with Gasteiger partial charge in [-0.25, -0.2) is 0 Å². The Balaban J connectivity index is 2.92. The van der Waals surface area contributed by atoms with E-state index in [2.05, 4.69) is 19.6 Å². The Labute approximate surface area is 153 Å². The molecule has 0 aromatic rings. The summed E-state index contributed by atoms with van der Waals surface area (Å²) in [5.41, 5.74) is 0. The molecule has 0 spiro atoms. The van der Waals surface area contributed by atoms with Crippen molar-refractivity contribution in [1.82, 2.24) is 0 Å². The van der Waals surface area contributed by atoms with Crippen LogP contribution in [0.3, 0.4) is 0 Å². The van der Waals surface area contributed by atoms with Gasteiger partial charge in [-0.3, -0.25) is 0 Å². The van der Waals surface area contributed by atoms with Crippen molar-refractivity contribution in [3.05, 3.63) is 5.75 Å². The second kappa shape index (κ2) is 22.4. The number of unbranched alkanes of at least 4 members (excludes halogenated alkanes) is 16. The summed E-state index contributed by atoms with van der Waals surface area (Å²) in [6.45, 7) is 4.57. The average Bonchev–Trinajstić information content (AvgIpc) is 2.57. The van der Waals surface area contributed by atoms with Crippen LogP contribution in [0.5, 0.6) is 0 Å². The summed E-state index contributed by atoms with van der Waals surface area (Å²) in [6.07, 6.45) is 26.0. The van der Waals surface area contributed by atoms with Gasteiger partial charge in [0.1, 0.15) is 0 Å². The van der Waals surface area contributed by atoms with E-state index in [-0.39, 0.29) is 0 Å². The highest BCUT2D eigenvalue weighted by Gasteiger charge is 1.95. The molecule has 0 atom stereocenters. The minimum atomic E-state index is 1.33. The molecular formula is C22H45S. The van der Waals surface area contributed by atoms with Crippen LogP contribution in [-0.2, 0) is 0 Å². The highest BCUT2D eigenvalue weighted by molar-refractivity contribution is 8.01. The topological polar surface area (TPSA) is 0 Å². The van der Waals surface area contributed by atoms with Gasteiger partial charge in [-0.05, 0) is 18.6 Å². The average molecular weight is 342 g/mol.